The summed E-state index contributed by atoms with van der Waals surface area (Å²) in [5, 5.41) is 7.00. The smallest absolute Gasteiger partial charge is 0.257 e. The third-order valence-electron chi connectivity index (χ3n) is 3.03. The number of hydrogen-bond donors (Lipinski definition) is 2. The molecule has 0 aliphatic carbocycles. The van der Waals surface area contributed by atoms with Crippen LogP contribution in [-0.2, 0) is 4.74 Å². The lowest BCUT2D eigenvalue weighted by Gasteiger charge is -2.26. The minimum absolute atomic E-state index is 0.0759. The summed E-state index contributed by atoms with van der Waals surface area (Å²) in [6.07, 6.45) is 1.48. The molecule has 0 bridgehead atoms. The fourth-order valence-electron chi connectivity index (χ4n) is 1.89. The Morgan fingerprint density at radius 1 is 1.37 bits per heavy atom. The predicted octanol–water partition coefficient (Wildman–Crippen LogP) is 0.583. The normalized spacial score (nSPS) is 14.9. The third-order valence-corrected chi connectivity index (χ3v) is 3.03. The molecule has 6 heteroatoms. The minimum Gasteiger partial charge on any atom is -0.383 e. The second kappa shape index (κ2) is 4.74. The van der Waals surface area contributed by atoms with Crippen LogP contribution in [0.3, 0.4) is 0 Å². The Hall–Kier alpha value is -2.34. The monoisotopic (exact) mass is 258 g/mol. The first kappa shape index (κ1) is 11.7. The molecule has 6 nitrogen and oxygen atoms in total. The standard InChI is InChI=1S/C13H14N4O2/c14-12-11(13(18)16-9-7-19-8-9)6-15-17(12)10-4-2-1-3-5-10/h1-6,9H,7-8,14H2,(H,16,18). The molecule has 98 valence electrons. The van der Waals surface area contributed by atoms with Crippen LogP contribution in [0.25, 0.3) is 5.69 Å². The van der Waals surface area contributed by atoms with Crippen molar-refractivity contribution in [3.8, 4) is 5.69 Å². The Labute approximate surface area is 110 Å². The van der Waals surface area contributed by atoms with Crippen LogP contribution in [0.2, 0.25) is 0 Å². The van der Waals surface area contributed by atoms with Gasteiger partial charge in [-0.3, -0.25) is 4.79 Å². The number of para-hydroxylation sites is 1. The molecule has 0 saturated carbocycles. The summed E-state index contributed by atoms with van der Waals surface area (Å²) in [4.78, 5) is 12.0. The van der Waals surface area contributed by atoms with Gasteiger partial charge in [0.2, 0.25) is 0 Å². The van der Waals surface area contributed by atoms with Crippen LogP contribution in [0.15, 0.2) is 36.5 Å². The van der Waals surface area contributed by atoms with Crippen LogP contribution >= 0.6 is 0 Å². The number of ether oxygens (including phenoxy) is 1. The third kappa shape index (κ3) is 2.17. The SMILES string of the molecule is Nc1c(C(=O)NC2COC2)cnn1-c1ccccc1. The average molecular weight is 258 g/mol. The summed E-state index contributed by atoms with van der Waals surface area (Å²) < 4.78 is 6.56. The van der Waals surface area contributed by atoms with Crippen molar-refractivity contribution in [1.29, 1.82) is 0 Å². The van der Waals surface area contributed by atoms with Crippen molar-refractivity contribution in [2.45, 2.75) is 6.04 Å². The fourth-order valence-corrected chi connectivity index (χ4v) is 1.89. The molecule has 1 aromatic carbocycles. The van der Waals surface area contributed by atoms with E-state index in [0.717, 1.165) is 5.69 Å². The molecule has 3 rings (SSSR count). The summed E-state index contributed by atoms with van der Waals surface area (Å²) in [7, 11) is 0. The van der Waals surface area contributed by atoms with Gasteiger partial charge in [0.25, 0.3) is 5.91 Å². The van der Waals surface area contributed by atoms with Crippen LogP contribution in [0.1, 0.15) is 10.4 Å². The van der Waals surface area contributed by atoms with Crippen LogP contribution in [0.5, 0.6) is 0 Å². The predicted molar refractivity (Wildman–Crippen MR) is 70.0 cm³/mol. The molecule has 1 aromatic heterocycles. The number of nitrogens with one attached hydrogen (secondary N) is 1. The molecule has 2 aromatic rings. The minimum atomic E-state index is -0.215. The number of nitrogens with zero attached hydrogens (tertiary/aromatic N) is 2. The van der Waals surface area contributed by atoms with E-state index in [1.165, 1.54) is 6.20 Å². The van der Waals surface area contributed by atoms with Gasteiger partial charge in [-0.1, -0.05) is 18.2 Å². The van der Waals surface area contributed by atoms with Crippen LogP contribution in [0, 0.1) is 0 Å². The van der Waals surface area contributed by atoms with E-state index in [0.29, 0.717) is 24.6 Å². The highest BCUT2D eigenvalue weighted by atomic mass is 16.5. The highest BCUT2D eigenvalue weighted by Gasteiger charge is 2.23. The number of carbonyl (C=O) groups is 1. The number of carbonyl (C=O) groups excluding carboxylic acids is 1. The lowest BCUT2D eigenvalue weighted by molar-refractivity contribution is -0.00344. The van der Waals surface area contributed by atoms with E-state index in [4.69, 9.17) is 10.5 Å². The largest absolute Gasteiger partial charge is 0.383 e. The fraction of sp³-hybridized carbons (Fsp3) is 0.231. The van der Waals surface area contributed by atoms with Crippen molar-refractivity contribution >= 4 is 11.7 Å². The number of amides is 1. The van der Waals surface area contributed by atoms with Gasteiger partial charge in [-0.2, -0.15) is 5.10 Å². The quantitative estimate of drug-likeness (QED) is 0.843. The maximum absolute atomic E-state index is 12.0. The maximum Gasteiger partial charge on any atom is 0.257 e. The van der Waals surface area contributed by atoms with Gasteiger partial charge in [-0.25, -0.2) is 4.68 Å². The summed E-state index contributed by atoms with van der Waals surface area (Å²) >= 11 is 0. The van der Waals surface area contributed by atoms with Crippen molar-refractivity contribution in [3.63, 3.8) is 0 Å². The lowest BCUT2D eigenvalue weighted by atomic mass is 10.2. The van der Waals surface area contributed by atoms with Crippen LogP contribution < -0.4 is 11.1 Å². The van der Waals surface area contributed by atoms with E-state index in [1.807, 2.05) is 30.3 Å². The molecule has 0 spiro atoms. The molecule has 19 heavy (non-hydrogen) atoms. The van der Waals surface area contributed by atoms with Crippen molar-refractivity contribution in [2.75, 3.05) is 18.9 Å². The molecule has 1 fully saturated rings. The summed E-state index contributed by atoms with van der Waals surface area (Å²) in [6.45, 7) is 1.11. The number of nitrogen functional groups attached to an aromatic ring is 1. The van der Waals surface area contributed by atoms with Gasteiger partial charge < -0.3 is 15.8 Å². The second-order valence-corrected chi connectivity index (χ2v) is 4.40. The number of nitrogens with two attached hydrogens (primary N) is 1. The van der Waals surface area contributed by atoms with Crippen molar-refractivity contribution in [3.05, 3.63) is 42.1 Å². The number of aromatic nitrogens is 2. The molecule has 1 saturated heterocycles. The molecular formula is C13H14N4O2. The van der Waals surface area contributed by atoms with Gasteiger partial charge in [0.05, 0.1) is 31.1 Å². The van der Waals surface area contributed by atoms with E-state index in [9.17, 15) is 4.79 Å². The number of benzene rings is 1. The second-order valence-electron chi connectivity index (χ2n) is 4.40. The Morgan fingerprint density at radius 3 is 2.74 bits per heavy atom. The Kier molecular flexibility index (Phi) is 2.92. The van der Waals surface area contributed by atoms with Crippen molar-refractivity contribution < 1.29 is 9.53 Å². The molecule has 0 radical (unpaired) electrons. The Bertz CT molecular complexity index is 590. The number of anilines is 1. The Balaban J connectivity index is 1.84. The first-order valence-electron chi connectivity index (χ1n) is 6.03. The molecule has 0 unspecified atom stereocenters. The first-order chi connectivity index (χ1) is 9.25. The number of hydrogen-bond acceptors (Lipinski definition) is 4. The maximum atomic E-state index is 12.0. The molecule has 0 atom stereocenters. The van der Waals surface area contributed by atoms with Gasteiger partial charge in [0.1, 0.15) is 11.4 Å². The van der Waals surface area contributed by atoms with Gasteiger partial charge in [-0.15, -0.1) is 0 Å². The molecule has 1 amide bonds. The zero-order valence-corrected chi connectivity index (χ0v) is 10.2. The van der Waals surface area contributed by atoms with Gasteiger partial charge >= 0.3 is 0 Å². The van der Waals surface area contributed by atoms with Gasteiger partial charge in [-0.05, 0) is 12.1 Å². The van der Waals surface area contributed by atoms with E-state index in [1.54, 1.807) is 4.68 Å². The first-order valence-corrected chi connectivity index (χ1v) is 6.03. The highest BCUT2D eigenvalue weighted by Crippen LogP contribution is 2.17. The van der Waals surface area contributed by atoms with Gasteiger partial charge in [0.15, 0.2) is 0 Å². The topological polar surface area (TPSA) is 82.2 Å². The van der Waals surface area contributed by atoms with E-state index >= 15 is 0 Å². The summed E-state index contributed by atoms with van der Waals surface area (Å²) in [5.41, 5.74) is 7.19. The molecule has 1 aliphatic rings. The summed E-state index contributed by atoms with van der Waals surface area (Å²) in [6, 6.07) is 9.53. The molecular weight excluding hydrogens is 244 g/mol. The van der Waals surface area contributed by atoms with Crippen molar-refractivity contribution in [2.24, 2.45) is 0 Å². The molecule has 3 N–H and O–H groups in total. The lowest BCUT2D eigenvalue weighted by Crippen LogP contribution is -2.48. The Morgan fingerprint density at radius 2 is 2.11 bits per heavy atom. The van der Waals surface area contributed by atoms with Crippen LogP contribution in [0.4, 0.5) is 5.82 Å². The number of rotatable bonds is 3. The zero-order chi connectivity index (χ0) is 13.2. The average Bonchev–Trinajstić information content (AvgIpc) is 2.77. The van der Waals surface area contributed by atoms with Gasteiger partial charge in [0, 0.05) is 0 Å². The van der Waals surface area contributed by atoms with E-state index in [2.05, 4.69) is 10.4 Å². The van der Waals surface area contributed by atoms with Crippen LogP contribution in [-0.4, -0.2) is 34.9 Å². The molecule has 2 heterocycles. The molecule has 1 aliphatic heterocycles. The highest BCUT2D eigenvalue weighted by molar-refractivity contribution is 5.98. The summed E-state index contributed by atoms with van der Waals surface area (Å²) in [5.74, 6) is 0.122. The van der Waals surface area contributed by atoms with E-state index in [-0.39, 0.29) is 11.9 Å². The zero-order valence-electron chi connectivity index (χ0n) is 10.2. The van der Waals surface area contributed by atoms with E-state index < -0.39 is 0 Å². The van der Waals surface area contributed by atoms with Crippen molar-refractivity contribution in [1.82, 2.24) is 15.1 Å².